The van der Waals surface area contributed by atoms with Crippen LogP contribution in [0.3, 0.4) is 0 Å². The van der Waals surface area contributed by atoms with Crippen molar-refractivity contribution in [3.63, 3.8) is 0 Å². The lowest BCUT2D eigenvalue weighted by Crippen LogP contribution is -2.16. The predicted octanol–water partition coefficient (Wildman–Crippen LogP) is 4.50. The third-order valence-corrected chi connectivity index (χ3v) is 6.88. The van der Waals surface area contributed by atoms with E-state index in [1.165, 1.54) is 5.56 Å². The normalized spacial score (nSPS) is 13.9. The molecule has 0 radical (unpaired) electrons. The lowest BCUT2D eigenvalue weighted by Gasteiger charge is -2.16. The average Bonchev–Trinajstić information content (AvgIpc) is 2.98. The molecule has 0 aliphatic carbocycles. The van der Waals surface area contributed by atoms with Gasteiger partial charge in [0.1, 0.15) is 5.75 Å². The lowest BCUT2D eigenvalue weighted by molar-refractivity contribution is 0.416. The second-order valence-electron chi connectivity index (χ2n) is 7.21. The third-order valence-electron chi connectivity index (χ3n) is 5.25. The zero-order chi connectivity index (χ0) is 21.1. The van der Waals surface area contributed by atoms with Gasteiger partial charge in [-0.25, -0.2) is 8.42 Å². The number of hydrogen-bond acceptors (Lipinski definition) is 4. The molecular formula is C23H23ClN2O3S. The van der Waals surface area contributed by atoms with Crippen LogP contribution in [0, 0.1) is 0 Å². The Balaban J connectivity index is 1.61. The van der Waals surface area contributed by atoms with E-state index in [0.29, 0.717) is 16.5 Å². The van der Waals surface area contributed by atoms with E-state index in [9.17, 15) is 8.42 Å². The molecule has 1 aliphatic heterocycles. The Labute approximate surface area is 182 Å². The van der Waals surface area contributed by atoms with Crippen LogP contribution in [-0.4, -0.2) is 28.6 Å². The molecular weight excluding hydrogens is 420 g/mol. The number of nitrogens with one attached hydrogen (secondary N) is 2. The minimum atomic E-state index is -3.75. The van der Waals surface area contributed by atoms with Crippen LogP contribution in [-0.2, 0) is 22.9 Å². The van der Waals surface area contributed by atoms with Gasteiger partial charge >= 0.3 is 0 Å². The first-order valence-electron chi connectivity index (χ1n) is 9.75. The van der Waals surface area contributed by atoms with Crippen molar-refractivity contribution < 1.29 is 13.2 Å². The van der Waals surface area contributed by atoms with Gasteiger partial charge in [-0.05, 0) is 84.6 Å². The first-order valence-corrected chi connectivity index (χ1v) is 11.6. The van der Waals surface area contributed by atoms with Gasteiger partial charge in [0.05, 0.1) is 17.7 Å². The van der Waals surface area contributed by atoms with Crippen LogP contribution in [0.2, 0.25) is 5.02 Å². The maximum atomic E-state index is 13.0. The standard InChI is InChI=1S/C23H23ClN2O3S/c1-29-23-15-19-11-13-25-12-10-18(19)14-22(23)26-30(27,28)21-8-4-17(5-9-21)16-2-6-20(24)7-3-16/h2-9,14-15,25-26H,10-13H2,1H3. The van der Waals surface area contributed by atoms with Crippen LogP contribution >= 0.6 is 11.6 Å². The highest BCUT2D eigenvalue weighted by Gasteiger charge is 2.19. The number of benzene rings is 3. The van der Waals surface area contributed by atoms with E-state index in [1.807, 2.05) is 36.4 Å². The van der Waals surface area contributed by atoms with Crippen molar-refractivity contribution in [2.24, 2.45) is 0 Å². The van der Waals surface area contributed by atoms with Gasteiger partial charge in [0.15, 0.2) is 0 Å². The molecule has 3 aromatic carbocycles. The first-order chi connectivity index (χ1) is 14.5. The predicted molar refractivity (Wildman–Crippen MR) is 121 cm³/mol. The number of anilines is 1. The monoisotopic (exact) mass is 442 g/mol. The van der Waals surface area contributed by atoms with Crippen molar-refractivity contribution in [1.29, 1.82) is 0 Å². The molecule has 5 nitrogen and oxygen atoms in total. The Hall–Kier alpha value is -2.54. The third kappa shape index (κ3) is 4.46. The molecule has 2 N–H and O–H groups in total. The number of ether oxygens (including phenoxy) is 1. The Bertz CT molecular complexity index is 1140. The summed E-state index contributed by atoms with van der Waals surface area (Å²) in [5.41, 5.74) is 4.67. The number of halogens is 1. The highest BCUT2D eigenvalue weighted by Crippen LogP contribution is 2.32. The molecule has 30 heavy (non-hydrogen) atoms. The van der Waals surface area contributed by atoms with Crippen LogP contribution in [0.15, 0.2) is 65.6 Å². The van der Waals surface area contributed by atoms with E-state index in [1.54, 1.807) is 31.4 Å². The maximum Gasteiger partial charge on any atom is 0.262 e. The van der Waals surface area contributed by atoms with Crippen LogP contribution in [0.5, 0.6) is 5.75 Å². The summed E-state index contributed by atoms with van der Waals surface area (Å²) in [6.45, 7) is 1.78. The summed E-state index contributed by atoms with van der Waals surface area (Å²) in [5.74, 6) is 0.525. The largest absolute Gasteiger partial charge is 0.495 e. The molecule has 0 saturated carbocycles. The van der Waals surface area contributed by atoms with Crippen molar-refractivity contribution in [2.45, 2.75) is 17.7 Å². The molecule has 1 aliphatic rings. The summed E-state index contributed by atoms with van der Waals surface area (Å²) in [4.78, 5) is 0.193. The zero-order valence-electron chi connectivity index (χ0n) is 16.6. The Morgan fingerprint density at radius 3 is 2.07 bits per heavy atom. The van der Waals surface area contributed by atoms with Crippen molar-refractivity contribution in [3.05, 3.63) is 76.8 Å². The van der Waals surface area contributed by atoms with Crippen molar-refractivity contribution in [2.75, 3.05) is 24.9 Å². The van der Waals surface area contributed by atoms with Crippen LogP contribution in [0.1, 0.15) is 11.1 Å². The fraction of sp³-hybridized carbons (Fsp3) is 0.217. The molecule has 4 rings (SSSR count). The molecule has 0 amide bonds. The lowest BCUT2D eigenvalue weighted by atomic mass is 10.0. The van der Waals surface area contributed by atoms with Gasteiger partial charge in [-0.15, -0.1) is 0 Å². The van der Waals surface area contributed by atoms with E-state index in [-0.39, 0.29) is 4.90 Å². The summed E-state index contributed by atoms with van der Waals surface area (Å²) >= 11 is 5.94. The number of rotatable bonds is 5. The molecule has 0 saturated heterocycles. The topological polar surface area (TPSA) is 67.4 Å². The smallest absolute Gasteiger partial charge is 0.262 e. The van der Waals surface area contributed by atoms with Crippen molar-refractivity contribution >= 4 is 27.3 Å². The number of fused-ring (bicyclic) bond motifs is 1. The maximum absolute atomic E-state index is 13.0. The van der Waals surface area contributed by atoms with E-state index in [4.69, 9.17) is 16.3 Å². The highest BCUT2D eigenvalue weighted by atomic mass is 35.5. The molecule has 7 heteroatoms. The summed E-state index contributed by atoms with van der Waals surface area (Å²) in [7, 11) is -2.20. The van der Waals surface area contributed by atoms with Crippen molar-refractivity contribution in [3.8, 4) is 16.9 Å². The van der Waals surface area contributed by atoms with Gasteiger partial charge in [-0.2, -0.15) is 0 Å². The second-order valence-corrected chi connectivity index (χ2v) is 9.33. The van der Waals surface area contributed by atoms with Gasteiger partial charge in [0.2, 0.25) is 0 Å². The molecule has 156 valence electrons. The van der Waals surface area contributed by atoms with E-state index in [2.05, 4.69) is 10.0 Å². The molecule has 0 aromatic heterocycles. The molecule has 0 bridgehead atoms. The molecule has 0 unspecified atom stereocenters. The zero-order valence-corrected chi connectivity index (χ0v) is 18.2. The van der Waals surface area contributed by atoms with Gasteiger partial charge in [0.25, 0.3) is 10.0 Å². The SMILES string of the molecule is COc1cc2c(cc1NS(=O)(=O)c1ccc(-c3ccc(Cl)cc3)cc1)CCNCC2. The van der Waals surface area contributed by atoms with E-state index >= 15 is 0 Å². The average molecular weight is 443 g/mol. The van der Waals surface area contributed by atoms with Crippen LogP contribution in [0.25, 0.3) is 11.1 Å². The first kappa shape index (κ1) is 20.7. The number of hydrogen-bond donors (Lipinski definition) is 2. The summed E-state index contributed by atoms with van der Waals surface area (Å²) in [5, 5.41) is 4.02. The highest BCUT2D eigenvalue weighted by molar-refractivity contribution is 7.92. The summed E-state index contributed by atoms with van der Waals surface area (Å²) in [6.07, 6.45) is 1.74. The molecule has 0 atom stereocenters. The molecule has 1 heterocycles. The van der Waals surface area contributed by atoms with Crippen molar-refractivity contribution in [1.82, 2.24) is 5.32 Å². The molecule has 0 spiro atoms. The van der Waals surface area contributed by atoms with Gasteiger partial charge < -0.3 is 10.1 Å². The minimum Gasteiger partial charge on any atom is -0.495 e. The second kappa shape index (κ2) is 8.68. The summed E-state index contributed by atoms with van der Waals surface area (Å²) in [6, 6.07) is 18.0. The Kier molecular flexibility index (Phi) is 5.99. The van der Waals surface area contributed by atoms with Crippen LogP contribution in [0.4, 0.5) is 5.69 Å². The Morgan fingerprint density at radius 1 is 0.900 bits per heavy atom. The number of methoxy groups -OCH3 is 1. The number of sulfonamides is 1. The minimum absolute atomic E-state index is 0.193. The molecule has 3 aromatic rings. The van der Waals surface area contributed by atoms with Gasteiger partial charge in [-0.3, -0.25) is 4.72 Å². The fourth-order valence-corrected chi connectivity index (χ4v) is 4.81. The van der Waals surface area contributed by atoms with E-state index < -0.39 is 10.0 Å². The van der Waals surface area contributed by atoms with Crippen LogP contribution < -0.4 is 14.8 Å². The van der Waals surface area contributed by atoms with Gasteiger partial charge in [0, 0.05) is 5.02 Å². The molecule has 0 fully saturated rings. The Morgan fingerprint density at radius 2 is 1.47 bits per heavy atom. The quantitative estimate of drug-likeness (QED) is 0.610. The van der Waals surface area contributed by atoms with Gasteiger partial charge in [-0.1, -0.05) is 35.9 Å². The van der Waals surface area contributed by atoms with E-state index in [0.717, 1.165) is 42.6 Å². The summed E-state index contributed by atoms with van der Waals surface area (Å²) < 4.78 is 34.2. The fourth-order valence-electron chi connectivity index (χ4n) is 3.62.